The molecule has 0 amide bonds. The van der Waals surface area contributed by atoms with Gasteiger partial charge in [-0.2, -0.15) is 5.10 Å². The lowest BCUT2D eigenvalue weighted by molar-refractivity contribution is 0.102. The maximum Gasteiger partial charge on any atom is 0.232 e. The number of benzene rings is 2. The lowest BCUT2D eigenvalue weighted by atomic mass is 10.0. The summed E-state index contributed by atoms with van der Waals surface area (Å²) in [4.78, 5) is 17.3. The number of rotatable bonds is 7. The van der Waals surface area contributed by atoms with Crippen LogP contribution in [0.1, 0.15) is 29.4 Å². The van der Waals surface area contributed by atoms with Crippen LogP contribution in [0.3, 0.4) is 0 Å². The van der Waals surface area contributed by atoms with Crippen LogP contribution >= 0.6 is 23.2 Å². The van der Waals surface area contributed by atoms with Crippen molar-refractivity contribution >= 4 is 55.7 Å². The van der Waals surface area contributed by atoms with Crippen molar-refractivity contribution in [3.63, 3.8) is 0 Å². The number of halogens is 4. The first kappa shape index (κ1) is 24.1. The standard InChI is InChI=1S/C22H16Cl2F2N4O3S/c1-2-7-34(32,33)30-17-6-5-16(25)18(19(17)26)21(31)20-13-8-12(10-27-22(13)29-28-20)11-3-4-14(23)15(24)9-11/h3-6,8-10,30H,2,7H2,1H3,(H,27,28,29). The number of pyridine rings is 1. The Morgan fingerprint density at radius 2 is 1.85 bits per heavy atom. The van der Waals surface area contributed by atoms with Gasteiger partial charge in [0.25, 0.3) is 0 Å². The predicted molar refractivity (Wildman–Crippen MR) is 127 cm³/mol. The Bertz CT molecular complexity index is 1540. The van der Waals surface area contributed by atoms with Crippen LogP contribution in [0.4, 0.5) is 14.5 Å². The highest BCUT2D eigenvalue weighted by atomic mass is 35.5. The van der Waals surface area contributed by atoms with Crippen LogP contribution < -0.4 is 4.72 Å². The van der Waals surface area contributed by atoms with E-state index in [-0.39, 0.29) is 28.9 Å². The zero-order valence-corrected chi connectivity index (χ0v) is 19.8. The van der Waals surface area contributed by atoms with Gasteiger partial charge in [-0.05, 0) is 42.3 Å². The van der Waals surface area contributed by atoms with Crippen molar-refractivity contribution in [3.8, 4) is 11.1 Å². The van der Waals surface area contributed by atoms with Crippen molar-refractivity contribution in [2.75, 3.05) is 10.5 Å². The first-order valence-corrected chi connectivity index (χ1v) is 12.3. The van der Waals surface area contributed by atoms with Crippen molar-refractivity contribution < 1.29 is 22.0 Å². The average Bonchev–Trinajstić information content (AvgIpc) is 3.21. The van der Waals surface area contributed by atoms with Gasteiger partial charge in [0.2, 0.25) is 15.8 Å². The molecule has 0 aliphatic heterocycles. The summed E-state index contributed by atoms with van der Waals surface area (Å²) < 4.78 is 55.8. The number of ketones is 1. The van der Waals surface area contributed by atoms with Gasteiger partial charge in [0, 0.05) is 11.8 Å². The minimum atomic E-state index is -3.87. The maximum atomic E-state index is 15.1. The Morgan fingerprint density at radius 1 is 1.09 bits per heavy atom. The Kier molecular flexibility index (Phi) is 6.57. The summed E-state index contributed by atoms with van der Waals surface area (Å²) in [6, 6.07) is 8.22. The Morgan fingerprint density at radius 3 is 2.56 bits per heavy atom. The number of fused-ring (bicyclic) bond motifs is 1. The molecule has 4 rings (SSSR count). The highest BCUT2D eigenvalue weighted by molar-refractivity contribution is 7.92. The largest absolute Gasteiger partial charge is 0.287 e. The van der Waals surface area contributed by atoms with Crippen LogP contribution in [0.25, 0.3) is 22.2 Å². The number of sulfonamides is 1. The van der Waals surface area contributed by atoms with Crippen molar-refractivity contribution in [2.45, 2.75) is 13.3 Å². The van der Waals surface area contributed by atoms with Gasteiger partial charge in [-0.1, -0.05) is 36.2 Å². The van der Waals surface area contributed by atoms with Gasteiger partial charge in [0.1, 0.15) is 11.5 Å². The Balaban J connectivity index is 1.79. The van der Waals surface area contributed by atoms with Crippen molar-refractivity contribution in [1.29, 1.82) is 0 Å². The number of carbonyl (C=O) groups is 1. The second-order valence-corrected chi connectivity index (χ2v) is 10.0. The van der Waals surface area contributed by atoms with Crippen molar-refractivity contribution in [1.82, 2.24) is 15.2 Å². The average molecular weight is 525 g/mol. The van der Waals surface area contributed by atoms with Crippen molar-refractivity contribution in [2.24, 2.45) is 0 Å². The fraction of sp³-hybridized carbons (Fsp3) is 0.136. The van der Waals surface area contributed by atoms with Gasteiger partial charge in [-0.3, -0.25) is 14.6 Å². The first-order chi connectivity index (χ1) is 16.1. The molecule has 34 heavy (non-hydrogen) atoms. The molecule has 0 saturated heterocycles. The quantitative estimate of drug-likeness (QED) is 0.306. The Labute approximate surface area is 203 Å². The summed E-state index contributed by atoms with van der Waals surface area (Å²) in [5, 5.41) is 7.30. The molecule has 0 fully saturated rings. The van der Waals surface area contributed by atoms with Gasteiger partial charge >= 0.3 is 0 Å². The molecule has 2 N–H and O–H groups in total. The third kappa shape index (κ3) is 4.61. The number of carbonyl (C=O) groups excluding carboxylic acids is 1. The van der Waals surface area contributed by atoms with Crippen molar-refractivity contribution in [3.05, 3.63) is 75.5 Å². The molecule has 0 spiro atoms. The number of aromatic nitrogens is 3. The van der Waals surface area contributed by atoms with E-state index in [1.165, 1.54) is 6.20 Å². The monoisotopic (exact) mass is 524 g/mol. The van der Waals surface area contributed by atoms with E-state index in [4.69, 9.17) is 23.2 Å². The predicted octanol–water partition coefficient (Wildman–Crippen LogP) is 5.59. The molecule has 0 aliphatic rings. The molecule has 0 aliphatic carbocycles. The van der Waals surface area contributed by atoms with E-state index in [0.29, 0.717) is 21.2 Å². The molecule has 176 valence electrons. The summed E-state index contributed by atoms with van der Waals surface area (Å²) in [6.07, 6.45) is 1.79. The van der Waals surface area contributed by atoms with Crippen LogP contribution in [0, 0.1) is 11.6 Å². The number of hydrogen-bond acceptors (Lipinski definition) is 5. The highest BCUT2D eigenvalue weighted by Crippen LogP contribution is 2.31. The number of nitrogens with one attached hydrogen (secondary N) is 2. The topological polar surface area (TPSA) is 105 Å². The SMILES string of the molecule is CCCS(=O)(=O)Nc1ccc(F)c(C(=O)c2[nH]nc3ncc(-c4ccc(Cl)c(Cl)c4)cc23)c1F. The maximum absolute atomic E-state index is 15.1. The second kappa shape index (κ2) is 9.28. The summed E-state index contributed by atoms with van der Waals surface area (Å²) in [5.41, 5.74) is -0.320. The van der Waals surface area contributed by atoms with E-state index < -0.39 is 38.7 Å². The molecule has 4 aromatic rings. The normalized spacial score (nSPS) is 11.7. The lowest BCUT2D eigenvalue weighted by Gasteiger charge is -2.11. The van der Waals surface area contributed by atoms with E-state index >= 15 is 4.39 Å². The molecule has 0 atom stereocenters. The molecule has 0 radical (unpaired) electrons. The summed E-state index contributed by atoms with van der Waals surface area (Å²) in [6.45, 7) is 1.64. The van der Waals surface area contributed by atoms with Crippen LogP contribution in [0.5, 0.6) is 0 Å². The summed E-state index contributed by atoms with van der Waals surface area (Å²) in [5.74, 6) is -3.80. The second-order valence-electron chi connectivity index (χ2n) is 7.36. The molecule has 7 nitrogen and oxygen atoms in total. The number of H-pyrrole nitrogens is 1. The first-order valence-electron chi connectivity index (χ1n) is 9.94. The minimum Gasteiger partial charge on any atom is -0.287 e. The van der Waals surface area contributed by atoms with Gasteiger partial charge in [0.15, 0.2) is 11.5 Å². The zero-order valence-electron chi connectivity index (χ0n) is 17.5. The number of anilines is 1. The molecule has 0 unspecified atom stereocenters. The third-order valence-corrected chi connectivity index (χ3v) is 7.16. The van der Waals surface area contributed by atoms with Gasteiger partial charge < -0.3 is 0 Å². The fourth-order valence-electron chi connectivity index (χ4n) is 3.36. The van der Waals surface area contributed by atoms with Crippen LogP contribution in [-0.4, -0.2) is 35.1 Å². The van der Waals surface area contributed by atoms with E-state index in [1.807, 2.05) is 4.72 Å². The van der Waals surface area contributed by atoms with E-state index in [0.717, 1.165) is 12.1 Å². The smallest absolute Gasteiger partial charge is 0.232 e. The molecule has 0 bridgehead atoms. The van der Waals surface area contributed by atoms with Gasteiger partial charge in [0.05, 0.1) is 32.4 Å². The molecular formula is C22H16Cl2F2N4O3S. The molecule has 0 saturated carbocycles. The molecule has 2 aromatic carbocycles. The van der Waals surface area contributed by atoms with Crippen LogP contribution in [-0.2, 0) is 10.0 Å². The van der Waals surface area contributed by atoms with Gasteiger partial charge in [-0.25, -0.2) is 22.2 Å². The zero-order chi connectivity index (χ0) is 24.6. The third-order valence-electron chi connectivity index (χ3n) is 4.95. The van der Waals surface area contributed by atoms with Crippen LogP contribution in [0.15, 0.2) is 42.6 Å². The highest BCUT2D eigenvalue weighted by Gasteiger charge is 2.26. The van der Waals surface area contributed by atoms with E-state index in [9.17, 15) is 17.6 Å². The number of hydrogen-bond donors (Lipinski definition) is 2. The Hall–Kier alpha value is -3.08. The summed E-state index contributed by atoms with van der Waals surface area (Å²) >= 11 is 12.0. The molecular weight excluding hydrogens is 509 g/mol. The number of aromatic amines is 1. The van der Waals surface area contributed by atoms with E-state index in [1.54, 1.807) is 31.2 Å². The fourth-order valence-corrected chi connectivity index (χ4v) is 4.79. The molecule has 2 aromatic heterocycles. The number of nitrogens with zero attached hydrogens (tertiary/aromatic N) is 2. The lowest BCUT2D eigenvalue weighted by Crippen LogP contribution is -2.18. The molecule has 2 heterocycles. The molecule has 12 heteroatoms. The minimum absolute atomic E-state index is 0.146. The summed E-state index contributed by atoms with van der Waals surface area (Å²) in [7, 11) is -3.87. The van der Waals surface area contributed by atoms with E-state index in [2.05, 4.69) is 15.2 Å². The van der Waals surface area contributed by atoms with Gasteiger partial charge in [-0.15, -0.1) is 0 Å². The van der Waals surface area contributed by atoms with Crippen LogP contribution in [0.2, 0.25) is 10.0 Å².